The van der Waals surface area contributed by atoms with Crippen LogP contribution in [0.25, 0.3) is 17.2 Å². The summed E-state index contributed by atoms with van der Waals surface area (Å²) in [7, 11) is 0. The van der Waals surface area contributed by atoms with Crippen molar-refractivity contribution in [2.45, 2.75) is 64.5 Å². The molecule has 5 rings (SSSR count). The maximum absolute atomic E-state index is 13.9. The molecule has 0 bridgehead atoms. The zero-order valence-corrected chi connectivity index (χ0v) is 20.9. The van der Waals surface area contributed by atoms with Crippen molar-refractivity contribution in [2.75, 3.05) is 0 Å². The third-order valence-electron chi connectivity index (χ3n) is 6.77. The van der Waals surface area contributed by atoms with Gasteiger partial charge < -0.3 is 0 Å². The lowest BCUT2D eigenvalue weighted by atomic mass is 9.76. The van der Waals surface area contributed by atoms with Crippen LogP contribution in [0.4, 0.5) is 0 Å². The Kier molecular flexibility index (Phi) is 6.49. The number of aliphatic imine (C=N–C) groups is 1. The molecule has 4 aromatic rings. The standard InChI is InChI=1S/C26H31N9O/c1-4-5-9-22-17-33(23-10-13-28-35(23)19(2)3)25(36)34(22)18-26(11-14-27-15-12-26)21-8-6-7-20(16-21)24-29-31-32-30-24/h6-8,10-11,13-17,19H,4-5,9,12,18H2,1-3H3,(H,29,30,31,32). The van der Waals surface area contributed by atoms with Gasteiger partial charge in [-0.15, -0.1) is 5.10 Å². The van der Waals surface area contributed by atoms with E-state index in [1.165, 1.54) is 0 Å². The van der Waals surface area contributed by atoms with Crippen molar-refractivity contribution in [1.29, 1.82) is 0 Å². The van der Waals surface area contributed by atoms with E-state index in [0.717, 1.165) is 41.9 Å². The summed E-state index contributed by atoms with van der Waals surface area (Å²) >= 11 is 0. The fourth-order valence-corrected chi connectivity index (χ4v) is 4.81. The summed E-state index contributed by atoms with van der Waals surface area (Å²) in [4.78, 5) is 18.3. The van der Waals surface area contributed by atoms with Crippen LogP contribution in [-0.4, -0.2) is 45.8 Å². The monoisotopic (exact) mass is 485 g/mol. The molecule has 1 aromatic carbocycles. The van der Waals surface area contributed by atoms with Crippen molar-refractivity contribution in [3.05, 3.63) is 76.7 Å². The highest BCUT2D eigenvalue weighted by Crippen LogP contribution is 2.35. The molecule has 1 unspecified atom stereocenters. The molecule has 0 aliphatic carbocycles. The van der Waals surface area contributed by atoms with E-state index in [4.69, 9.17) is 0 Å². The lowest BCUT2D eigenvalue weighted by molar-refractivity contribution is 0.437. The number of nitrogens with zero attached hydrogens (tertiary/aromatic N) is 8. The second-order valence-electron chi connectivity index (χ2n) is 9.53. The SMILES string of the molecule is CCCCc1cn(-c2ccnn2C(C)C)c(=O)n1CC1(c2cccc(-c3nnn[nH]3)c2)C=CN=CC1. The highest BCUT2D eigenvalue weighted by molar-refractivity contribution is 5.65. The van der Waals surface area contributed by atoms with Crippen molar-refractivity contribution < 1.29 is 0 Å². The maximum atomic E-state index is 13.9. The fourth-order valence-electron chi connectivity index (χ4n) is 4.81. The van der Waals surface area contributed by atoms with E-state index in [1.54, 1.807) is 10.8 Å². The van der Waals surface area contributed by atoms with Gasteiger partial charge in [0, 0.05) is 53.9 Å². The minimum Gasteiger partial charge on any atom is -0.295 e. The van der Waals surface area contributed by atoms with Gasteiger partial charge in [0.25, 0.3) is 0 Å². The highest BCUT2D eigenvalue weighted by Gasteiger charge is 2.33. The number of nitrogens with one attached hydrogen (secondary N) is 1. The smallest absolute Gasteiger partial charge is 0.295 e. The van der Waals surface area contributed by atoms with E-state index in [-0.39, 0.29) is 11.7 Å². The number of H-pyrrole nitrogens is 1. The predicted molar refractivity (Wildman–Crippen MR) is 138 cm³/mol. The van der Waals surface area contributed by atoms with Gasteiger partial charge in [-0.2, -0.15) is 5.10 Å². The quantitative estimate of drug-likeness (QED) is 0.387. The van der Waals surface area contributed by atoms with Crippen LogP contribution in [-0.2, 0) is 18.4 Å². The molecule has 1 atom stereocenters. The van der Waals surface area contributed by atoms with Crippen LogP contribution in [0.1, 0.15) is 57.3 Å². The molecule has 0 saturated carbocycles. The first-order chi connectivity index (χ1) is 17.5. The number of aromatic nitrogens is 8. The Morgan fingerprint density at radius 2 is 2.11 bits per heavy atom. The zero-order chi connectivity index (χ0) is 25.1. The summed E-state index contributed by atoms with van der Waals surface area (Å²) in [5.41, 5.74) is 2.48. The van der Waals surface area contributed by atoms with Crippen molar-refractivity contribution in [3.63, 3.8) is 0 Å². The fraction of sp³-hybridized carbons (Fsp3) is 0.385. The Morgan fingerprint density at radius 1 is 1.22 bits per heavy atom. The Hall–Kier alpha value is -4.08. The van der Waals surface area contributed by atoms with Crippen molar-refractivity contribution in [3.8, 4) is 17.2 Å². The van der Waals surface area contributed by atoms with Gasteiger partial charge in [-0.1, -0.05) is 37.6 Å². The number of hydrogen-bond donors (Lipinski definition) is 1. The molecule has 10 heteroatoms. The Balaban J connectivity index is 1.61. The highest BCUT2D eigenvalue weighted by atomic mass is 16.1. The number of benzene rings is 1. The molecule has 0 spiro atoms. The van der Waals surface area contributed by atoms with E-state index in [1.807, 2.05) is 46.1 Å². The summed E-state index contributed by atoms with van der Waals surface area (Å²) in [6.45, 7) is 6.79. The van der Waals surface area contributed by atoms with Gasteiger partial charge in [-0.05, 0) is 55.2 Å². The molecule has 1 aliphatic rings. The third kappa shape index (κ3) is 4.34. The largest absolute Gasteiger partial charge is 0.334 e. The van der Waals surface area contributed by atoms with Crippen molar-refractivity contribution >= 4 is 6.21 Å². The van der Waals surface area contributed by atoms with Gasteiger partial charge in [-0.25, -0.2) is 14.6 Å². The molecule has 0 saturated heterocycles. The van der Waals surface area contributed by atoms with Crippen LogP contribution in [0.2, 0.25) is 0 Å². The summed E-state index contributed by atoms with van der Waals surface area (Å²) in [6.07, 6.45) is 13.1. The van der Waals surface area contributed by atoms with Gasteiger partial charge >= 0.3 is 5.69 Å². The minimum absolute atomic E-state index is 0.0608. The van der Waals surface area contributed by atoms with E-state index >= 15 is 0 Å². The average Bonchev–Trinajstić information content (AvgIpc) is 3.65. The van der Waals surface area contributed by atoms with Gasteiger partial charge in [0.1, 0.15) is 5.82 Å². The predicted octanol–water partition coefficient (Wildman–Crippen LogP) is 3.87. The van der Waals surface area contributed by atoms with Gasteiger partial charge in [0.2, 0.25) is 0 Å². The number of rotatable bonds is 9. The molecular weight excluding hydrogens is 454 g/mol. The molecule has 0 radical (unpaired) electrons. The molecule has 0 amide bonds. The zero-order valence-electron chi connectivity index (χ0n) is 20.9. The normalized spacial score (nSPS) is 17.3. The second-order valence-corrected chi connectivity index (χ2v) is 9.53. The molecule has 4 heterocycles. The van der Waals surface area contributed by atoms with Crippen molar-refractivity contribution in [2.24, 2.45) is 4.99 Å². The molecule has 10 nitrogen and oxygen atoms in total. The number of hydrogen-bond acceptors (Lipinski definition) is 6. The van der Waals surface area contributed by atoms with E-state index in [2.05, 4.69) is 69.7 Å². The van der Waals surface area contributed by atoms with Crippen LogP contribution >= 0.6 is 0 Å². The number of imidazole rings is 1. The number of aromatic amines is 1. The number of tetrazole rings is 1. The minimum atomic E-state index is -0.444. The van der Waals surface area contributed by atoms with Crippen LogP contribution in [0.3, 0.4) is 0 Å². The molecule has 186 valence electrons. The summed E-state index contributed by atoms with van der Waals surface area (Å²) < 4.78 is 5.55. The number of unbranched alkanes of at least 4 members (excludes halogenated alkanes) is 1. The lowest BCUT2D eigenvalue weighted by Crippen LogP contribution is -2.37. The van der Waals surface area contributed by atoms with Gasteiger partial charge in [0.15, 0.2) is 5.82 Å². The molecule has 1 aliphatic heterocycles. The summed E-state index contributed by atoms with van der Waals surface area (Å²) in [5.74, 6) is 1.38. The molecule has 3 aromatic heterocycles. The first-order valence-corrected chi connectivity index (χ1v) is 12.4. The van der Waals surface area contributed by atoms with Crippen LogP contribution < -0.4 is 5.69 Å². The second kappa shape index (κ2) is 9.88. The Bertz CT molecular complexity index is 1440. The Morgan fingerprint density at radius 3 is 2.83 bits per heavy atom. The van der Waals surface area contributed by atoms with E-state index in [0.29, 0.717) is 18.8 Å². The summed E-state index contributed by atoms with van der Waals surface area (Å²) in [5, 5.41) is 18.8. The number of allylic oxidation sites excluding steroid dienone is 1. The lowest BCUT2D eigenvalue weighted by Gasteiger charge is -2.32. The summed E-state index contributed by atoms with van der Waals surface area (Å²) in [6, 6.07) is 10.2. The van der Waals surface area contributed by atoms with Crippen LogP contribution in [0.5, 0.6) is 0 Å². The van der Waals surface area contributed by atoms with Crippen molar-refractivity contribution in [1.82, 2.24) is 39.5 Å². The third-order valence-corrected chi connectivity index (χ3v) is 6.77. The molecule has 0 fully saturated rings. The number of aryl methyl sites for hydroxylation is 1. The topological polar surface area (TPSA) is 112 Å². The average molecular weight is 486 g/mol. The van der Waals surface area contributed by atoms with Crippen LogP contribution in [0.15, 0.2) is 64.8 Å². The first-order valence-electron chi connectivity index (χ1n) is 12.4. The van der Waals surface area contributed by atoms with Crippen LogP contribution in [0, 0.1) is 0 Å². The molecule has 1 N–H and O–H groups in total. The molecule has 36 heavy (non-hydrogen) atoms. The van der Waals surface area contributed by atoms with Gasteiger partial charge in [-0.3, -0.25) is 14.1 Å². The van der Waals surface area contributed by atoms with E-state index < -0.39 is 5.41 Å². The van der Waals surface area contributed by atoms with Gasteiger partial charge in [0.05, 0.1) is 6.20 Å². The maximum Gasteiger partial charge on any atom is 0.334 e. The van der Waals surface area contributed by atoms with E-state index in [9.17, 15) is 4.79 Å². The molecular formula is C26H31N9O. The first kappa shape index (κ1) is 23.7. The Labute approximate surface area is 209 Å².